The number of halogens is 2. The van der Waals surface area contributed by atoms with E-state index in [2.05, 4.69) is 21.6 Å². The van der Waals surface area contributed by atoms with Gasteiger partial charge in [0.15, 0.2) is 5.78 Å². The SMILES string of the molecule is CC(=O)N1CCN(Cc2cc(Cl)ccc2C(=O)C=CN2CCN(Cc3ccc(F)cc3)CC2C)CC1. The van der Waals surface area contributed by atoms with Gasteiger partial charge >= 0.3 is 0 Å². The Balaban J connectivity index is 1.35. The Kier molecular flexibility index (Phi) is 8.77. The molecule has 1 atom stereocenters. The third kappa shape index (κ3) is 6.93. The standard InChI is InChI=1S/C28H34ClFN4O2/c1-21-18-32(19-23-3-6-26(30)7-4-23)13-14-33(21)10-9-28(36)27-8-5-25(29)17-24(27)20-31-11-15-34(16-12-31)22(2)35/h3-10,17,21H,11-16,18-20H2,1-2H3. The minimum Gasteiger partial charge on any atom is -0.372 e. The van der Waals surface area contributed by atoms with Gasteiger partial charge in [0.05, 0.1) is 0 Å². The second-order valence-corrected chi connectivity index (χ2v) is 10.1. The number of hydrogen-bond donors (Lipinski definition) is 0. The van der Waals surface area contributed by atoms with E-state index in [0.717, 1.165) is 50.4 Å². The number of hydrogen-bond acceptors (Lipinski definition) is 5. The fourth-order valence-corrected chi connectivity index (χ4v) is 5.10. The summed E-state index contributed by atoms with van der Waals surface area (Å²) in [7, 11) is 0. The van der Waals surface area contributed by atoms with E-state index in [9.17, 15) is 14.0 Å². The monoisotopic (exact) mass is 512 g/mol. The van der Waals surface area contributed by atoms with Crippen LogP contribution in [0.15, 0.2) is 54.7 Å². The van der Waals surface area contributed by atoms with Gasteiger partial charge in [0.1, 0.15) is 5.82 Å². The molecule has 2 aliphatic heterocycles. The van der Waals surface area contributed by atoms with Crippen LogP contribution in [0.3, 0.4) is 0 Å². The maximum Gasteiger partial charge on any atom is 0.219 e. The number of benzene rings is 2. The van der Waals surface area contributed by atoms with Crippen LogP contribution in [0.4, 0.5) is 4.39 Å². The van der Waals surface area contributed by atoms with Crippen molar-refractivity contribution >= 4 is 23.3 Å². The first kappa shape index (κ1) is 26.3. The molecule has 4 rings (SSSR count). The molecule has 1 unspecified atom stereocenters. The van der Waals surface area contributed by atoms with Gasteiger partial charge in [-0.2, -0.15) is 0 Å². The lowest BCUT2D eigenvalue weighted by molar-refractivity contribution is -0.130. The van der Waals surface area contributed by atoms with Crippen molar-refractivity contribution < 1.29 is 14.0 Å². The van der Waals surface area contributed by atoms with Crippen molar-refractivity contribution in [3.8, 4) is 0 Å². The molecule has 0 spiro atoms. The number of carbonyl (C=O) groups is 2. The van der Waals surface area contributed by atoms with Gasteiger partial charge in [-0.1, -0.05) is 23.7 Å². The van der Waals surface area contributed by atoms with Gasteiger partial charge in [0.25, 0.3) is 0 Å². The van der Waals surface area contributed by atoms with E-state index in [4.69, 9.17) is 11.6 Å². The van der Waals surface area contributed by atoms with Gasteiger partial charge < -0.3 is 9.80 Å². The van der Waals surface area contributed by atoms with E-state index in [-0.39, 0.29) is 23.5 Å². The van der Waals surface area contributed by atoms with Crippen molar-refractivity contribution in [3.63, 3.8) is 0 Å². The predicted molar refractivity (Wildman–Crippen MR) is 140 cm³/mol. The van der Waals surface area contributed by atoms with Crippen molar-refractivity contribution in [2.24, 2.45) is 0 Å². The van der Waals surface area contributed by atoms with Crippen LogP contribution in [0.25, 0.3) is 0 Å². The van der Waals surface area contributed by atoms with Gasteiger partial charge in [0, 0.05) is 94.7 Å². The van der Waals surface area contributed by atoms with E-state index in [1.807, 2.05) is 29.3 Å². The quantitative estimate of drug-likeness (QED) is 0.414. The first-order valence-corrected chi connectivity index (χ1v) is 12.9. The van der Waals surface area contributed by atoms with E-state index >= 15 is 0 Å². The molecule has 0 aliphatic carbocycles. The fourth-order valence-electron chi connectivity index (χ4n) is 4.91. The van der Waals surface area contributed by atoms with Gasteiger partial charge in [-0.05, 0) is 48.4 Å². The maximum absolute atomic E-state index is 13.2. The van der Waals surface area contributed by atoms with Crippen LogP contribution in [0.1, 0.15) is 35.3 Å². The molecule has 2 saturated heterocycles. The van der Waals surface area contributed by atoms with Crippen LogP contribution in [0.2, 0.25) is 5.02 Å². The molecule has 2 heterocycles. The highest BCUT2D eigenvalue weighted by atomic mass is 35.5. The second-order valence-electron chi connectivity index (χ2n) is 9.71. The Morgan fingerprint density at radius 3 is 2.33 bits per heavy atom. The molecule has 2 aromatic carbocycles. The molecule has 0 radical (unpaired) electrons. The molecule has 2 aromatic rings. The topological polar surface area (TPSA) is 47.1 Å². The first-order valence-electron chi connectivity index (χ1n) is 12.5. The molecule has 192 valence electrons. The summed E-state index contributed by atoms with van der Waals surface area (Å²) in [6.45, 7) is 10.7. The zero-order valence-electron chi connectivity index (χ0n) is 21.0. The Morgan fingerprint density at radius 2 is 1.67 bits per heavy atom. The van der Waals surface area contributed by atoms with Crippen LogP contribution in [0.5, 0.6) is 0 Å². The van der Waals surface area contributed by atoms with E-state index in [0.29, 0.717) is 30.2 Å². The lowest BCUT2D eigenvalue weighted by Crippen LogP contribution is -2.49. The molecule has 1 amide bonds. The molecular weight excluding hydrogens is 479 g/mol. The predicted octanol–water partition coefficient (Wildman–Crippen LogP) is 4.05. The lowest BCUT2D eigenvalue weighted by Gasteiger charge is -2.39. The zero-order valence-corrected chi connectivity index (χ0v) is 21.8. The number of ketones is 1. The summed E-state index contributed by atoms with van der Waals surface area (Å²) >= 11 is 6.27. The Morgan fingerprint density at radius 1 is 0.972 bits per heavy atom. The van der Waals surface area contributed by atoms with Crippen LogP contribution < -0.4 is 0 Å². The van der Waals surface area contributed by atoms with Crippen LogP contribution in [-0.2, 0) is 17.9 Å². The number of amides is 1. The fraction of sp³-hybridized carbons (Fsp3) is 0.429. The summed E-state index contributed by atoms with van der Waals surface area (Å²) in [5.74, 6) is -0.153. The van der Waals surface area contributed by atoms with Crippen molar-refractivity contribution in [1.29, 1.82) is 0 Å². The van der Waals surface area contributed by atoms with Crippen LogP contribution in [0, 0.1) is 5.82 Å². The van der Waals surface area contributed by atoms with Gasteiger partial charge in [-0.15, -0.1) is 0 Å². The largest absolute Gasteiger partial charge is 0.372 e. The Bertz CT molecular complexity index is 1100. The van der Waals surface area contributed by atoms with Crippen molar-refractivity contribution in [3.05, 3.63) is 82.3 Å². The first-order chi connectivity index (χ1) is 17.3. The molecule has 0 N–H and O–H groups in total. The normalized spacial score (nSPS) is 19.7. The number of carbonyl (C=O) groups excluding carboxylic acids is 2. The van der Waals surface area contributed by atoms with Crippen molar-refractivity contribution in [2.75, 3.05) is 45.8 Å². The average molecular weight is 513 g/mol. The van der Waals surface area contributed by atoms with Crippen LogP contribution >= 0.6 is 11.6 Å². The van der Waals surface area contributed by atoms with E-state index in [1.165, 1.54) is 12.1 Å². The van der Waals surface area contributed by atoms with Crippen LogP contribution in [-0.4, -0.2) is 83.1 Å². The molecule has 6 nitrogen and oxygen atoms in total. The summed E-state index contributed by atoms with van der Waals surface area (Å²) in [4.78, 5) is 33.4. The number of rotatable bonds is 7. The molecule has 0 bridgehead atoms. The maximum atomic E-state index is 13.2. The highest BCUT2D eigenvalue weighted by molar-refractivity contribution is 6.30. The molecule has 2 fully saturated rings. The van der Waals surface area contributed by atoms with Gasteiger partial charge in [0.2, 0.25) is 5.91 Å². The molecule has 2 aliphatic rings. The molecule has 0 saturated carbocycles. The summed E-state index contributed by atoms with van der Waals surface area (Å²) in [6, 6.07) is 12.4. The Hall–Kier alpha value is -2.74. The summed E-state index contributed by atoms with van der Waals surface area (Å²) in [5.41, 5.74) is 2.67. The molecule has 0 aromatic heterocycles. The minimum absolute atomic E-state index is 0.0371. The average Bonchev–Trinajstić information content (AvgIpc) is 2.85. The van der Waals surface area contributed by atoms with E-state index in [1.54, 1.807) is 25.1 Å². The van der Waals surface area contributed by atoms with Gasteiger partial charge in [-0.3, -0.25) is 19.4 Å². The Labute approximate surface area is 217 Å². The zero-order chi connectivity index (χ0) is 25.7. The smallest absolute Gasteiger partial charge is 0.219 e. The minimum atomic E-state index is -0.217. The number of allylic oxidation sites excluding steroid dienone is 1. The number of piperazine rings is 2. The second kappa shape index (κ2) is 12.0. The van der Waals surface area contributed by atoms with E-state index < -0.39 is 0 Å². The number of nitrogens with zero attached hydrogens (tertiary/aromatic N) is 4. The summed E-state index contributed by atoms with van der Waals surface area (Å²) < 4.78 is 13.2. The van der Waals surface area contributed by atoms with Gasteiger partial charge in [-0.25, -0.2) is 4.39 Å². The molecular formula is C28H34ClFN4O2. The lowest BCUT2D eigenvalue weighted by atomic mass is 10.0. The third-order valence-electron chi connectivity index (χ3n) is 7.04. The molecule has 8 heteroatoms. The summed E-state index contributed by atoms with van der Waals surface area (Å²) in [5, 5.41) is 0.610. The van der Waals surface area contributed by atoms with Crippen molar-refractivity contribution in [2.45, 2.75) is 33.0 Å². The third-order valence-corrected chi connectivity index (χ3v) is 7.28. The molecule has 36 heavy (non-hydrogen) atoms. The highest BCUT2D eigenvalue weighted by Gasteiger charge is 2.23. The highest BCUT2D eigenvalue weighted by Crippen LogP contribution is 2.21. The summed E-state index contributed by atoms with van der Waals surface area (Å²) in [6.07, 6.45) is 3.57. The van der Waals surface area contributed by atoms with Crippen molar-refractivity contribution in [1.82, 2.24) is 19.6 Å².